The van der Waals surface area contributed by atoms with Crippen LogP contribution in [-0.2, 0) is 6.54 Å². The molecule has 1 heterocycles. The fraction of sp³-hybridized carbons (Fsp3) is 0.200. The molecule has 0 saturated heterocycles. The van der Waals surface area contributed by atoms with Gasteiger partial charge in [0.05, 0.1) is 0 Å². The number of rotatable bonds is 6. The first kappa shape index (κ1) is 14.6. The van der Waals surface area contributed by atoms with Gasteiger partial charge in [-0.25, -0.2) is 0 Å². The molecule has 0 aliphatic heterocycles. The Morgan fingerprint density at radius 3 is 2.23 bits per heavy atom. The van der Waals surface area contributed by atoms with Crippen molar-refractivity contribution in [2.24, 2.45) is 0 Å². The molecule has 0 aliphatic rings. The number of hydrogen-bond acceptors (Lipinski definition) is 1. The summed E-state index contributed by atoms with van der Waals surface area (Å²) in [7, 11) is 0. The van der Waals surface area contributed by atoms with Gasteiger partial charge >= 0.3 is 0 Å². The number of aromatic nitrogens is 1. The lowest BCUT2D eigenvalue weighted by molar-refractivity contribution is 0.615. The van der Waals surface area contributed by atoms with Crippen molar-refractivity contribution in [1.82, 2.24) is 9.88 Å². The van der Waals surface area contributed by atoms with Crippen LogP contribution in [-0.4, -0.2) is 11.1 Å². The molecule has 1 aromatic heterocycles. The molecule has 0 amide bonds. The molecule has 1 N–H and O–H groups in total. The zero-order valence-corrected chi connectivity index (χ0v) is 12.9. The first-order valence-electron chi connectivity index (χ1n) is 7.81. The summed E-state index contributed by atoms with van der Waals surface area (Å²) in [6.07, 6.45) is 4.14. The third kappa shape index (κ3) is 3.66. The van der Waals surface area contributed by atoms with Gasteiger partial charge in [0, 0.05) is 31.2 Å². The van der Waals surface area contributed by atoms with E-state index in [0.29, 0.717) is 5.92 Å². The molecule has 0 spiro atoms. The average molecular weight is 290 g/mol. The first-order chi connectivity index (χ1) is 10.8. The lowest BCUT2D eigenvalue weighted by atomic mass is 10.0. The maximum Gasteiger partial charge on any atom is 0.0449 e. The molecule has 1 atom stereocenters. The number of benzene rings is 2. The highest BCUT2D eigenvalue weighted by Gasteiger charge is 2.05. The largest absolute Gasteiger partial charge is 0.324 e. The van der Waals surface area contributed by atoms with E-state index in [1.807, 2.05) is 12.1 Å². The van der Waals surface area contributed by atoms with Crippen LogP contribution in [0.1, 0.15) is 24.0 Å². The van der Waals surface area contributed by atoms with Crippen LogP contribution in [0.3, 0.4) is 0 Å². The van der Waals surface area contributed by atoms with Crippen LogP contribution < -0.4 is 5.32 Å². The number of nitrogens with one attached hydrogen (secondary N) is 1. The maximum atomic E-state index is 3.54. The summed E-state index contributed by atoms with van der Waals surface area (Å²) in [5, 5.41) is 3.54. The van der Waals surface area contributed by atoms with Crippen molar-refractivity contribution in [3.05, 3.63) is 90.3 Å². The molecule has 22 heavy (non-hydrogen) atoms. The van der Waals surface area contributed by atoms with Gasteiger partial charge in [-0.15, -0.1) is 0 Å². The molecule has 0 saturated carbocycles. The molecule has 2 heteroatoms. The van der Waals surface area contributed by atoms with Crippen molar-refractivity contribution in [2.75, 3.05) is 6.54 Å². The third-order valence-electron chi connectivity index (χ3n) is 3.99. The lowest BCUT2D eigenvalue weighted by Crippen LogP contribution is -2.19. The zero-order chi connectivity index (χ0) is 15.2. The molecule has 3 aromatic rings. The van der Waals surface area contributed by atoms with E-state index in [-0.39, 0.29) is 0 Å². The Balaban J connectivity index is 1.55. The van der Waals surface area contributed by atoms with Gasteiger partial charge in [-0.3, -0.25) is 0 Å². The zero-order valence-electron chi connectivity index (χ0n) is 12.9. The third-order valence-corrected chi connectivity index (χ3v) is 3.99. The lowest BCUT2D eigenvalue weighted by Gasteiger charge is -2.14. The van der Waals surface area contributed by atoms with E-state index in [9.17, 15) is 0 Å². The maximum absolute atomic E-state index is 3.54. The van der Waals surface area contributed by atoms with Gasteiger partial charge in [-0.1, -0.05) is 49.4 Å². The van der Waals surface area contributed by atoms with E-state index in [1.165, 1.54) is 16.8 Å². The van der Waals surface area contributed by atoms with E-state index in [4.69, 9.17) is 0 Å². The van der Waals surface area contributed by atoms with E-state index >= 15 is 0 Å². The fourth-order valence-electron chi connectivity index (χ4n) is 2.63. The highest BCUT2D eigenvalue weighted by atomic mass is 14.9. The van der Waals surface area contributed by atoms with Crippen LogP contribution in [0.5, 0.6) is 0 Å². The molecule has 0 fully saturated rings. The minimum absolute atomic E-state index is 0.502. The monoisotopic (exact) mass is 290 g/mol. The van der Waals surface area contributed by atoms with Crippen LogP contribution in [0.15, 0.2) is 79.1 Å². The van der Waals surface area contributed by atoms with E-state index < -0.39 is 0 Å². The van der Waals surface area contributed by atoms with Crippen LogP contribution in [0, 0.1) is 0 Å². The minimum atomic E-state index is 0.502. The van der Waals surface area contributed by atoms with Crippen LogP contribution >= 0.6 is 0 Å². The van der Waals surface area contributed by atoms with E-state index in [1.54, 1.807) is 0 Å². The van der Waals surface area contributed by atoms with Crippen molar-refractivity contribution in [2.45, 2.75) is 19.4 Å². The predicted molar refractivity (Wildman–Crippen MR) is 92.3 cm³/mol. The smallest absolute Gasteiger partial charge is 0.0449 e. The minimum Gasteiger partial charge on any atom is -0.324 e. The summed E-state index contributed by atoms with van der Waals surface area (Å²) in [5.74, 6) is 0.502. The second-order valence-electron chi connectivity index (χ2n) is 5.70. The second kappa shape index (κ2) is 7.10. The molecule has 0 aliphatic carbocycles. The molecule has 0 radical (unpaired) electrons. The van der Waals surface area contributed by atoms with Crippen LogP contribution in [0.2, 0.25) is 0 Å². The topological polar surface area (TPSA) is 17.0 Å². The standard InChI is InChI=1S/C20H22N2/c1-17(15-21-16-18-7-3-2-4-8-18)19-9-11-20(12-10-19)22-13-5-6-14-22/h2-14,17,21H,15-16H2,1H3. The molecule has 2 nitrogen and oxygen atoms in total. The number of nitrogens with zero attached hydrogens (tertiary/aromatic N) is 1. The SMILES string of the molecule is CC(CNCc1ccccc1)c1ccc(-n2cccc2)cc1. The summed E-state index contributed by atoms with van der Waals surface area (Å²) in [4.78, 5) is 0. The molecule has 2 aromatic carbocycles. The molecular weight excluding hydrogens is 268 g/mol. The Kier molecular flexibility index (Phi) is 4.71. The van der Waals surface area contributed by atoms with Gasteiger partial charge in [-0.2, -0.15) is 0 Å². The normalized spacial score (nSPS) is 12.2. The Hall–Kier alpha value is -2.32. The second-order valence-corrected chi connectivity index (χ2v) is 5.70. The summed E-state index contributed by atoms with van der Waals surface area (Å²) in [6, 6.07) is 23.4. The molecule has 0 bridgehead atoms. The average Bonchev–Trinajstić information content (AvgIpc) is 3.10. The van der Waals surface area contributed by atoms with Crippen molar-refractivity contribution >= 4 is 0 Å². The summed E-state index contributed by atoms with van der Waals surface area (Å²) in [6.45, 7) is 4.17. The van der Waals surface area contributed by atoms with Gasteiger partial charge in [-0.05, 0) is 41.3 Å². The quantitative estimate of drug-likeness (QED) is 0.713. The molecule has 112 valence electrons. The Bertz CT molecular complexity index is 669. The van der Waals surface area contributed by atoms with Gasteiger partial charge < -0.3 is 9.88 Å². The van der Waals surface area contributed by atoms with Crippen molar-refractivity contribution in [3.63, 3.8) is 0 Å². The fourth-order valence-corrected chi connectivity index (χ4v) is 2.63. The summed E-state index contributed by atoms with van der Waals surface area (Å²) >= 11 is 0. The van der Waals surface area contributed by atoms with Gasteiger partial charge in [0.25, 0.3) is 0 Å². The van der Waals surface area contributed by atoms with E-state index in [0.717, 1.165) is 13.1 Å². The number of hydrogen-bond donors (Lipinski definition) is 1. The van der Waals surface area contributed by atoms with Crippen molar-refractivity contribution in [3.8, 4) is 5.69 Å². The van der Waals surface area contributed by atoms with Crippen molar-refractivity contribution in [1.29, 1.82) is 0 Å². The Labute approximate surface area is 132 Å². The molecule has 3 rings (SSSR count). The van der Waals surface area contributed by atoms with Gasteiger partial charge in [0.2, 0.25) is 0 Å². The molecule has 1 unspecified atom stereocenters. The Morgan fingerprint density at radius 1 is 0.864 bits per heavy atom. The first-order valence-corrected chi connectivity index (χ1v) is 7.81. The van der Waals surface area contributed by atoms with Crippen LogP contribution in [0.4, 0.5) is 0 Å². The Morgan fingerprint density at radius 2 is 1.55 bits per heavy atom. The summed E-state index contributed by atoms with van der Waals surface area (Å²) in [5.41, 5.74) is 3.91. The highest BCUT2D eigenvalue weighted by molar-refractivity contribution is 5.36. The van der Waals surface area contributed by atoms with Gasteiger partial charge in [0.15, 0.2) is 0 Å². The van der Waals surface area contributed by atoms with Gasteiger partial charge in [0.1, 0.15) is 0 Å². The molecular formula is C20H22N2. The highest BCUT2D eigenvalue weighted by Crippen LogP contribution is 2.17. The van der Waals surface area contributed by atoms with E-state index in [2.05, 4.69) is 83.8 Å². The van der Waals surface area contributed by atoms with Crippen LogP contribution in [0.25, 0.3) is 5.69 Å². The predicted octanol–water partition coefficient (Wildman–Crippen LogP) is 4.37. The van der Waals surface area contributed by atoms with Crippen molar-refractivity contribution < 1.29 is 0 Å². The summed E-state index contributed by atoms with van der Waals surface area (Å²) < 4.78 is 2.13.